The van der Waals surface area contributed by atoms with E-state index in [9.17, 15) is 14.9 Å². The molecule has 106 valence electrons. The van der Waals surface area contributed by atoms with Crippen molar-refractivity contribution in [1.29, 1.82) is 5.26 Å². The molecule has 0 unspecified atom stereocenters. The zero-order valence-electron chi connectivity index (χ0n) is 11.4. The third kappa shape index (κ3) is 3.68. The molecule has 1 N–H and O–H groups in total. The predicted octanol–water partition coefficient (Wildman–Crippen LogP) is 1.43. The van der Waals surface area contributed by atoms with Crippen LogP contribution in [-0.4, -0.2) is 30.5 Å². The average Bonchev–Trinajstić information content (AvgIpc) is 2.44. The molecule has 0 aliphatic heterocycles. The summed E-state index contributed by atoms with van der Waals surface area (Å²) in [6.07, 6.45) is 0. The summed E-state index contributed by atoms with van der Waals surface area (Å²) in [7, 11) is 0. The zero-order valence-corrected chi connectivity index (χ0v) is 11.4. The van der Waals surface area contributed by atoms with Crippen LogP contribution in [0.1, 0.15) is 19.4 Å². The van der Waals surface area contributed by atoms with E-state index >= 15 is 0 Å². The highest BCUT2D eigenvalue weighted by molar-refractivity contribution is 5.81. The van der Waals surface area contributed by atoms with Crippen LogP contribution in [0.4, 0.5) is 11.4 Å². The highest BCUT2D eigenvalue weighted by atomic mass is 16.6. The maximum atomic E-state index is 11.6. The van der Waals surface area contributed by atoms with Gasteiger partial charge in [0.05, 0.1) is 11.5 Å². The van der Waals surface area contributed by atoms with Crippen molar-refractivity contribution in [3.8, 4) is 6.07 Å². The molecule has 0 saturated heterocycles. The lowest BCUT2D eigenvalue weighted by atomic mass is 10.1. The van der Waals surface area contributed by atoms with Gasteiger partial charge in [0, 0.05) is 24.8 Å². The SMILES string of the molecule is CCNC(=O)CN(CC)c1ccc([N+](=O)[O-])c(C#N)c1. The topological polar surface area (TPSA) is 99.3 Å². The number of hydrogen-bond acceptors (Lipinski definition) is 5. The van der Waals surface area contributed by atoms with Crippen LogP contribution in [0, 0.1) is 21.4 Å². The van der Waals surface area contributed by atoms with Crippen LogP contribution in [0.3, 0.4) is 0 Å². The largest absolute Gasteiger partial charge is 0.362 e. The normalized spacial score (nSPS) is 9.65. The van der Waals surface area contributed by atoms with Gasteiger partial charge in [-0.05, 0) is 26.0 Å². The van der Waals surface area contributed by atoms with Gasteiger partial charge in [0.15, 0.2) is 0 Å². The van der Waals surface area contributed by atoms with E-state index in [-0.39, 0.29) is 23.7 Å². The summed E-state index contributed by atoms with van der Waals surface area (Å²) in [5.74, 6) is -0.133. The molecule has 0 saturated carbocycles. The Morgan fingerprint density at radius 3 is 2.70 bits per heavy atom. The number of carbonyl (C=O) groups is 1. The molecule has 1 aromatic rings. The van der Waals surface area contributed by atoms with Gasteiger partial charge in [-0.1, -0.05) is 0 Å². The summed E-state index contributed by atoms with van der Waals surface area (Å²) >= 11 is 0. The molecule has 7 nitrogen and oxygen atoms in total. The van der Waals surface area contributed by atoms with Gasteiger partial charge in [0.2, 0.25) is 5.91 Å². The number of likely N-dealkylation sites (N-methyl/N-ethyl adjacent to an activating group) is 2. The van der Waals surface area contributed by atoms with Crippen molar-refractivity contribution in [2.45, 2.75) is 13.8 Å². The second-order valence-corrected chi connectivity index (χ2v) is 4.04. The summed E-state index contributed by atoms with van der Waals surface area (Å²) in [6, 6.07) is 6.07. The lowest BCUT2D eigenvalue weighted by molar-refractivity contribution is -0.385. The summed E-state index contributed by atoms with van der Waals surface area (Å²) in [6.45, 7) is 4.94. The summed E-state index contributed by atoms with van der Waals surface area (Å²) < 4.78 is 0. The van der Waals surface area contributed by atoms with Crippen molar-refractivity contribution >= 4 is 17.3 Å². The first-order valence-electron chi connectivity index (χ1n) is 6.23. The molecule has 0 radical (unpaired) electrons. The number of benzene rings is 1. The van der Waals surface area contributed by atoms with Crippen molar-refractivity contribution in [1.82, 2.24) is 5.32 Å². The first kappa shape index (κ1) is 15.4. The molecule has 0 spiro atoms. The van der Waals surface area contributed by atoms with Gasteiger partial charge in [0.1, 0.15) is 11.6 Å². The fraction of sp³-hybridized carbons (Fsp3) is 0.385. The van der Waals surface area contributed by atoms with Gasteiger partial charge in [-0.25, -0.2) is 0 Å². The van der Waals surface area contributed by atoms with Gasteiger partial charge < -0.3 is 10.2 Å². The Balaban J connectivity index is 3.02. The zero-order chi connectivity index (χ0) is 15.1. The van der Waals surface area contributed by atoms with E-state index in [0.717, 1.165) is 0 Å². The number of nitriles is 1. The molecule has 1 amide bonds. The van der Waals surface area contributed by atoms with Crippen LogP contribution >= 0.6 is 0 Å². The fourth-order valence-electron chi connectivity index (χ4n) is 1.78. The van der Waals surface area contributed by atoms with Crippen molar-refractivity contribution in [2.75, 3.05) is 24.5 Å². The Morgan fingerprint density at radius 2 is 2.20 bits per heavy atom. The molecule has 20 heavy (non-hydrogen) atoms. The number of hydrogen-bond donors (Lipinski definition) is 1. The standard InChI is InChI=1S/C13H16N4O3/c1-3-15-13(18)9-16(4-2)11-5-6-12(17(19)20)10(7-11)8-14/h5-7H,3-4,9H2,1-2H3,(H,15,18). The summed E-state index contributed by atoms with van der Waals surface area (Å²) in [4.78, 5) is 23.5. The van der Waals surface area contributed by atoms with Crippen LogP contribution in [0.25, 0.3) is 0 Å². The second kappa shape index (κ2) is 7.09. The quantitative estimate of drug-likeness (QED) is 0.626. The van der Waals surface area contributed by atoms with Gasteiger partial charge >= 0.3 is 0 Å². The van der Waals surface area contributed by atoms with E-state index in [2.05, 4.69) is 5.32 Å². The number of carbonyl (C=O) groups excluding carboxylic acids is 1. The first-order chi connectivity index (χ1) is 9.53. The van der Waals surface area contributed by atoms with E-state index in [1.54, 1.807) is 17.0 Å². The number of nitro groups is 1. The molecule has 7 heteroatoms. The lowest BCUT2D eigenvalue weighted by Gasteiger charge is -2.22. The first-order valence-corrected chi connectivity index (χ1v) is 6.23. The highest BCUT2D eigenvalue weighted by Crippen LogP contribution is 2.24. The summed E-state index contributed by atoms with van der Waals surface area (Å²) in [5.41, 5.74) is 0.369. The Kier molecular flexibility index (Phi) is 5.47. The highest BCUT2D eigenvalue weighted by Gasteiger charge is 2.17. The van der Waals surface area contributed by atoms with Crippen LogP contribution in [0.2, 0.25) is 0 Å². The Morgan fingerprint density at radius 1 is 1.50 bits per heavy atom. The Bertz CT molecular complexity index is 551. The number of nitro benzene ring substituents is 1. The number of rotatable bonds is 6. The van der Waals surface area contributed by atoms with Gasteiger partial charge in [0.25, 0.3) is 5.69 Å². The van der Waals surface area contributed by atoms with Crippen molar-refractivity contribution in [3.63, 3.8) is 0 Å². The van der Waals surface area contributed by atoms with E-state index < -0.39 is 4.92 Å². The molecule has 0 aromatic heterocycles. The van der Waals surface area contributed by atoms with E-state index in [1.807, 2.05) is 13.8 Å². The Hall–Kier alpha value is -2.62. The number of nitrogens with zero attached hydrogens (tertiary/aromatic N) is 3. The fourth-order valence-corrected chi connectivity index (χ4v) is 1.78. The molecular weight excluding hydrogens is 260 g/mol. The average molecular weight is 276 g/mol. The number of nitrogens with one attached hydrogen (secondary N) is 1. The second-order valence-electron chi connectivity index (χ2n) is 4.04. The van der Waals surface area contributed by atoms with Crippen molar-refractivity contribution < 1.29 is 9.72 Å². The molecule has 1 rings (SSSR count). The van der Waals surface area contributed by atoms with Crippen LogP contribution in [0.15, 0.2) is 18.2 Å². The molecule has 0 bridgehead atoms. The minimum Gasteiger partial charge on any atom is -0.362 e. The minimum atomic E-state index is -0.595. The number of anilines is 1. The predicted molar refractivity (Wildman–Crippen MR) is 74.4 cm³/mol. The van der Waals surface area contributed by atoms with Crippen LogP contribution in [0.5, 0.6) is 0 Å². The van der Waals surface area contributed by atoms with E-state index in [4.69, 9.17) is 5.26 Å². The van der Waals surface area contributed by atoms with Crippen LogP contribution in [-0.2, 0) is 4.79 Å². The molecule has 0 heterocycles. The maximum absolute atomic E-state index is 11.6. The van der Waals surface area contributed by atoms with Gasteiger partial charge in [-0.3, -0.25) is 14.9 Å². The molecule has 0 aliphatic carbocycles. The Labute approximate surface area is 117 Å². The van der Waals surface area contributed by atoms with Crippen molar-refractivity contribution in [3.05, 3.63) is 33.9 Å². The smallest absolute Gasteiger partial charge is 0.287 e. The third-order valence-electron chi connectivity index (χ3n) is 2.75. The monoisotopic (exact) mass is 276 g/mol. The molecule has 0 atom stereocenters. The van der Waals surface area contributed by atoms with E-state index in [0.29, 0.717) is 18.8 Å². The maximum Gasteiger partial charge on any atom is 0.287 e. The number of amides is 1. The van der Waals surface area contributed by atoms with E-state index in [1.165, 1.54) is 12.1 Å². The molecule has 0 fully saturated rings. The van der Waals surface area contributed by atoms with Crippen LogP contribution < -0.4 is 10.2 Å². The lowest BCUT2D eigenvalue weighted by Crippen LogP contribution is -2.37. The van der Waals surface area contributed by atoms with Crippen molar-refractivity contribution in [2.24, 2.45) is 0 Å². The molecule has 1 aromatic carbocycles. The summed E-state index contributed by atoms with van der Waals surface area (Å²) in [5, 5.41) is 22.4. The third-order valence-corrected chi connectivity index (χ3v) is 2.75. The minimum absolute atomic E-state index is 0.0122. The van der Waals surface area contributed by atoms with Gasteiger partial charge in [-0.2, -0.15) is 5.26 Å². The molecule has 0 aliphatic rings. The van der Waals surface area contributed by atoms with Gasteiger partial charge in [-0.15, -0.1) is 0 Å². The molecular formula is C13H16N4O3.